The van der Waals surface area contributed by atoms with Crippen molar-refractivity contribution in [1.82, 2.24) is 14.7 Å². The first-order valence-electron chi connectivity index (χ1n) is 6.74. The van der Waals surface area contributed by atoms with Gasteiger partial charge in [0.1, 0.15) is 0 Å². The van der Waals surface area contributed by atoms with Gasteiger partial charge >= 0.3 is 0 Å². The van der Waals surface area contributed by atoms with Gasteiger partial charge in [-0.15, -0.1) is 11.3 Å². The van der Waals surface area contributed by atoms with Crippen LogP contribution in [0.15, 0.2) is 36.0 Å². The quantitative estimate of drug-likeness (QED) is 0.836. The summed E-state index contributed by atoms with van der Waals surface area (Å²) in [6.07, 6.45) is 5.22. The van der Waals surface area contributed by atoms with Crippen molar-refractivity contribution in [2.75, 3.05) is 26.2 Å². The lowest BCUT2D eigenvalue weighted by molar-refractivity contribution is -0.0370. The zero-order chi connectivity index (χ0) is 12.9. The highest BCUT2D eigenvalue weighted by molar-refractivity contribution is 7.09. The van der Waals surface area contributed by atoms with E-state index >= 15 is 0 Å². The molecule has 0 saturated carbocycles. The Morgan fingerprint density at radius 3 is 3.21 bits per heavy atom. The van der Waals surface area contributed by atoms with E-state index in [1.165, 1.54) is 4.88 Å². The Hall–Kier alpha value is -1.17. The van der Waals surface area contributed by atoms with E-state index in [9.17, 15) is 0 Å². The topological polar surface area (TPSA) is 30.3 Å². The largest absolute Gasteiger partial charge is 0.374 e. The lowest BCUT2D eigenvalue weighted by Crippen LogP contribution is -2.44. The van der Waals surface area contributed by atoms with Crippen molar-refractivity contribution in [2.24, 2.45) is 0 Å². The number of aromatic nitrogens is 2. The van der Waals surface area contributed by atoms with Crippen molar-refractivity contribution in [1.29, 1.82) is 0 Å². The molecule has 4 nitrogen and oxygen atoms in total. The van der Waals surface area contributed by atoms with Gasteiger partial charge in [-0.3, -0.25) is 9.58 Å². The Labute approximate surface area is 117 Å². The maximum Gasteiger partial charge on any atom is 0.0898 e. The van der Waals surface area contributed by atoms with E-state index in [2.05, 4.69) is 27.5 Å². The molecule has 1 atom stereocenters. The van der Waals surface area contributed by atoms with Gasteiger partial charge in [0.25, 0.3) is 0 Å². The molecule has 0 bridgehead atoms. The van der Waals surface area contributed by atoms with Gasteiger partial charge in [0, 0.05) is 36.9 Å². The molecule has 0 aliphatic carbocycles. The molecule has 3 heterocycles. The fraction of sp³-hybridized carbons (Fsp3) is 0.500. The van der Waals surface area contributed by atoms with Crippen LogP contribution in [0.1, 0.15) is 4.88 Å². The molecular weight excluding hydrogens is 258 g/mol. The number of rotatable bonds is 5. The van der Waals surface area contributed by atoms with Crippen molar-refractivity contribution in [3.05, 3.63) is 40.8 Å². The Bertz CT molecular complexity index is 469. The molecular formula is C14H19N3OS. The minimum absolute atomic E-state index is 0.261. The van der Waals surface area contributed by atoms with Gasteiger partial charge in [0.05, 0.1) is 19.3 Å². The van der Waals surface area contributed by atoms with Gasteiger partial charge in [-0.1, -0.05) is 6.07 Å². The highest BCUT2D eigenvalue weighted by atomic mass is 32.1. The van der Waals surface area contributed by atoms with Gasteiger partial charge in [0.15, 0.2) is 0 Å². The number of ether oxygens (including phenoxy) is 1. The fourth-order valence-electron chi connectivity index (χ4n) is 2.43. The van der Waals surface area contributed by atoms with Crippen LogP contribution in [0, 0.1) is 0 Å². The number of hydrogen-bond donors (Lipinski definition) is 0. The van der Waals surface area contributed by atoms with Gasteiger partial charge in [0.2, 0.25) is 0 Å². The standard InChI is InChI=1S/C14H19N3OS/c1-3-14(19-10-1)4-7-16-8-9-18-13(11-16)12-17-6-2-5-15-17/h1-3,5-6,10,13H,4,7-9,11-12H2/t13-/m1/s1. The molecule has 0 N–H and O–H groups in total. The number of nitrogens with zero attached hydrogens (tertiary/aromatic N) is 3. The van der Waals surface area contributed by atoms with Crippen molar-refractivity contribution < 1.29 is 4.74 Å². The van der Waals surface area contributed by atoms with E-state index in [-0.39, 0.29) is 6.10 Å². The molecule has 1 fully saturated rings. The second kappa shape index (κ2) is 6.32. The average molecular weight is 277 g/mol. The normalized spacial score (nSPS) is 20.7. The lowest BCUT2D eigenvalue weighted by atomic mass is 10.2. The van der Waals surface area contributed by atoms with Crippen molar-refractivity contribution in [3.63, 3.8) is 0 Å². The number of thiophene rings is 1. The minimum atomic E-state index is 0.261. The third-order valence-electron chi connectivity index (χ3n) is 3.43. The van der Waals surface area contributed by atoms with E-state index in [0.29, 0.717) is 0 Å². The van der Waals surface area contributed by atoms with Gasteiger partial charge in [-0.25, -0.2) is 0 Å². The first-order valence-corrected chi connectivity index (χ1v) is 7.62. The summed E-state index contributed by atoms with van der Waals surface area (Å²) < 4.78 is 7.77. The maximum atomic E-state index is 5.82. The second-order valence-electron chi connectivity index (χ2n) is 4.85. The minimum Gasteiger partial charge on any atom is -0.374 e. The summed E-state index contributed by atoms with van der Waals surface area (Å²) in [6, 6.07) is 6.30. The maximum absolute atomic E-state index is 5.82. The summed E-state index contributed by atoms with van der Waals surface area (Å²) in [4.78, 5) is 3.97. The molecule has 0 aromatic carbocycles. The third kappa shape index (κ3) is 3.65. The van der Waals surface area contributed by atoms with Crippen LogP contribution in [0.5, 0.6) is 0 Å². The van der Waals surface area contributed by atoms with Crippen molar-refractivity contribution >= 4 is 11.3 Å². The summed E-state index contributed by atoms with van der Waals surface area (Å²) in [7, 11) is 0. The molecule has 102 valence electrons. The van der Waals surface area contributed by atoms with Crippen LogP contribution in [-0.2, 0) is 17.7 Å². The summed E-state index contributed by atoms with van der Waals surface area (Å²) in [5, 5.41) is 6.39. The number of morpholine rings is 1. The molecule has 1 saturated heterocycles. The SMILES string of the molecule is c1csc(CCN2CCO[C@@H](Cn3cccn3)C2)c1. The smallest absolute Gasteiger partial charge is 0.0898 e. The van der Waals surface area contributed by atoms with Gasteiger partial charge in [-0.2, -0.15) is 5.10 Å². The molecule has 0 unspecified atom stereocenters. The van der Waals surface area contributed by atoms with Crippen LogP contribution in [0.25, 0.3) is 0 Å². The lowest BCUT2D eigenvalue weighted by Gasteiger charge is -2.32. The van der Waals surface area contributed by atoms with Crippen molar-refractivity contribution in [3.8, 4) is 0 Å². The first-order chi connectivity index (χ1) is 9.40. The van der Waals surface area contributed by atoms with Crippen molar-refractivity contribution in [2.45, 2.75) is 19.1 Å². The monoisotopic (exact) mass is 277 g/mol. The molecule has 0 amide bonds. The van der Waals surface area contributed by atoms with Crippen LogP contribution in [0.3, 0.4) is 0 Å². The average Bonchev–Trinajstić information content (AvgIpc) is 3.10. The third-order valence-corrected chi connectivity index (χ3v) is 4.36. The Morgan fingerprint density at radius 1 is 1.42 bits per heavy atom. The van der Waals surface area contributed by atoms with E-state index in [1.807, 2.05) is 34.5 Å². The number of hydrogen-bond acceptors (Lipinski definition) is 4. The predicted octanol–water partition coefficient (Wildman–Crippen LogP) is 1.89. The predicted molar refractivity (Wildman–Crippen MR) is 76.4 cm³/mol. The summed E-state index contributed by atoms with van der Waals surface area (Å²) in [5.41, 5.74) is 0. The van der Waals surface area contributed by atoms with E-state index in [4.69, 9.17) is 4.74 Å². The highest BCUT2D eigenvalue weighted by Gasteiger charge is 2.20. The highest BCUT2D eigenvalue weighted by Crippen LogP contribution is 2.12. The molecule has 1 aliphatic rings. The molecule has 0 radical (unpaired) electrons. The van der Waals surface area contributed by atoms with Crippen LogP contribution in [0.4, 0.5) is 0 Å². The molecule has 0 spiro atoms. The van der Waals surface area contributed by atoms with Crippen LogP contribution < -0.4 is 0 Å². The zero-order valence-corrected chi connectivity index (χ0v) is 11.8. The molecule has 2 aromatic rings. The van der Waals surface area contributed by atoms with E-state index in [0.717, 1.165) is 39.2 Å². The first kappa shape index (κ1) is 12.8. The molecule has 1 aliphatic heterocycles. The molecule has 3 rings (SSSR count). The summed E-state index contributed by atoms with van der Waals surface area (Å²) >= 11 is 1.84. The van der Waals surface area contributed by atoms with Crippen LogP contribution in [-0.4, -0.2) is 47.0 Å². The summed E-state index contributed by atoms with van der Waals surface area (Å²) in [6.45, 7) is 4.85. The Balaban J connectivity index is 1.47. The Kier molecular flexibility index (Phi) is 4.27. The second-order valence-corrected chi connectivity index (χ2v) is 5.88. The van der Waals surface area contributed by atoms with E-state index in [1.54, 1.807) is 0 Å². The van der Waals surface area contributed by atoms with Gasteiger partial charge in [-0.05, 0) is 23.9 Å². The zero-order valence-electron chi connectivity index (χ0n) is 10.9. The molecule has 5 heteroatoms. The van der Waals surface area contributed by atoms with Crippen LogP contribution >= 0.6 is 11.3 Å². The molecule has 19 heavy (non-hydrogen) atoms. The van der Waals surface area contributed by atoms with Gasteiger partial charge < -0.3 is 4.74 Å². The summed E-state index contributed by atoms with van der Waals surface area (Å²) in [5.74, 6) is 0. The molecule has 2 aromatic heterocycles. The Morgan fingerprint density at radius 2 is 2.42 bits per heavy atom. The van der Waals surface area contributed by atoms with E-state index < -0.39 is 0 Å². The fourth-order valence-corrected chi connectivity index (χ4v) is 3.13. The van der Waals surface area contributed by atoms with Crippen LogP contribution in [0.2, 0.25) is 0 Å².